The van der Waals surface area contributed by atoms with Gasteiger partial charge in [0.2, 0.25) is 0 Å². The third-order valence-corrected chi connectivity index (χ3v) is 4.93. The SMILES string of the molecule is CCNC(Cc1nccn1CC)C(C)(CC)N(CC)CC. The Morgan fingerprint density at radius 2 is 1.90 bits per heavy atom. The second kappa shape index (κ2) is 8.54. The fourth-order valence-electron chi connectivity index (χ4n) is 3.40. The lowest BCUT2D eigenvalue weighted by molar-refractivity contribution is 0.0696. The van der Waals surface area contributed by atoms with Crippen molar-refractivity contribution in [3.05, 3.63) is 18.2 Å². The van der Waals surface area contributed by atoms with Gasteiger partial charge in [0.15, 0.2) is 0 Å². The van der Waals surface area contributed by atoms with E-state index in [1.165, 1.54) is 5.82 Å². The number of imidazole rings is 1. The topological polar surface area (TPSA) is 33.1 Å². The minimum absolute atomic E-state index is 0.157. The average Bonchev–Trinajstić information content (AvgIpc) is 2.95. The molecule has 0 aromatic carbocycles. The van der Waals surface area contributed by atoms with Gasteiger partial charge in [-0.05, 0) is 39.9 Å². The average molecular weight is 294 g/mol. The van der Waals surface area contributed by atoms with Crippen LogP contribution in [0.25, 0.3) is 0 Å². The van der Waals surface area contributed by atoms with E-state index >= 15 is 0 Å². The second-order valence-electron chi connectivity index (χ2n) is 5.83. The highest BCUT2D eigenvalue weighted by Crippen LogP contribution is 2.26. The molecule has 0 aliphatic carbocycles. The Morgan fingerprint density at radius 1 is 1.24 bits per heavy atom. The third kappa shape index (κ3) is 4.07. The molecule has 21 heavy (non-hydrogen) atoms. The quantitative estimate of drug-likeness (QED) is 0.720. The molecular formula is C17H34N4. The second-order valence-corrected chi connectivity index (χ2v) is 5.83. The molecule has 4 heteroatoms. The number of hydrogen-bond acceptors (Lipinski definition) is 3. The van der Waals surface area contributed by atoms with Gasteiger partial charge in [0.05, 0.1) is 0 Å². The van der Waals surface area contributed by atoms with Gasteiger partial charge in [-0.25, -0.2) is 4.98 Å². The zero-order valence-electron chi connectivity index (χ0n) is 14.8. The molecule has 0 aliphatic rings. The van der Waals surface area contributed by atoms with Crippen LogP contribution in [-0.4, -0.2) is 45.7 Å². The molecule has 1 aromatic rings. The predicted octanol–water partition coefficient (Wildman–Crippen LogP) is 2.93. The van der Waals surface area contributed by atoms with Crippen molar-refractivity contribution in [2.24, 2.45) is 0 Å². The first-order chi connectivity index (χ1) is 10.1. The van der Waals surface area contributed by atoms with Gasteiger partial charge in [0, 0.05) is 36.9 Å². The van der Waals surface area contributed by atoms with Crippen LogP contribution in [0.2, 0.25) is 0 Å². The lowest BCUT2D eigenvalue weighted by Crippen LogP contribution is -2.60. The molecule has 1 aromatic heterocycles. The van der Waals surface area contributed by atoms with Crippen LogP contribution >= 0.6 is 0 Å². The van der Waals surface area contributed by atoms with E-state index in [9.17, 15) is 0 Å². The fraction of sp³-hybridized carbons (Fsp3) is 0.824. The summed E-state index contributed by atoms with van der Waals surface area (Å²) in [5, 5.41) is 3.72. The first-order valence-electron chi connectivity index (χ1n) is 8.55. The first kappa shape index (κ1) is 18.2. The van der Waals surface area contributed by atoms with E-state index < -0.39 is 0 Å². The molecule has 0 amide bonds. The van der Waals surface area contributed by atoms with Crippen molar-refractivity contribution >= 4 is 0 Å². The summed E-state index contributed by atoms with van der Waals surface area (Å²) in [7, 11) is 0. The van der Waals surface area contributed by atoms with Gasteiger partial charge in [-0.3, -0.25) is 4.90 Å². The molecule has 1 rings (SSSR count). The summed E-state index contributed by atoms with van der Waals surface area (Å²) in [4.78, 5) is 7.16. The van der Waals surface area contributed by atoms with Gasteiger partial charge in [0.25, 0.3) is 0 Å². The summed E-state index contributed by atoms with van der Waals surface area (Å²) in [6.45, 7) is 17.7. The molecule has 122 valence electrons. The first-order valence-corrected chi connectivity index (χ1v) is 8.55. The minimum atomic E-state index is 0.157. The highest BCUT2D eigenvalue weighted by atomic mass is 15.2. The highest BCUT2D eigenvalue weighted by Gasteiger charge is 2.37. The zero-order chi connectivity index (χ0) is 15.9. The zero-order valence-corrected chi connectivity index (χ0v) is 14.8. The summed E-state index contributed by atoms with van der Waals surface area (Å²) >= 11 is 0. The minimum Gasteiger partial charge on any atom is -0.335 e. The number of nitrogens with zero attached hydrogens (tertiary/aromatic N) is 3. The number of rotatable bonds is 10. The van der Waals surface area contributed by atoms with E-state index in [0.717, 1.165) is 39.0 Å². The van der Waals surface area contributed by atoms with E-state index in [4.69, 9.17) is 0 Å². The van der Waals surface area contributed by atoms with Gasteiger partial charge in [-0.2, -0.15) is 0 Å². The summed E-state index contributed by atoms with van der Waals surface area (Å²) < 4.78 is 2.25. The molecule has 0 aliphatic heterocycles. The molecule has 0 saturated carbocycles. The smallest absolute Gasteiger partial charge is 0.110 e. The highest BCUT2D eigenvalue weighted by molar-refractivity contribution is 5.03. The van der Waals surface area contributed by atoms with Crippen LogP contribution in [0.5, 0.6) is 0 Å². The fourth-order valence-corrected chi connectivity index (χ4v) is 3.40. The molecule has 1 N–H and O–H groups in total. The number of hydrogen-bond donors (Lipinski definition) is 1. The molecule has 0 saturated heterocycles. The molecule has 0 spiro atoms. The number of aromatic nitrogens is 2. The van der Waals surface area contributed by atoms with Crippen molar-refractivity contribution in [2.45, 2.75) is 72.5 Å². The third-order valence-electron chi connectivity index (χ3n) is 4.93. The Morgan fingerprint density at radius 3 is 2.38 bits per heavy atom. The van der Waals surface area contributed by atoms with E-state index in [0.29, 0.717) is 6.04 Å². The van der Waals surface area contributed by atoms with Crippen LogP contribution in [0, 0.1) is 0 Å². The molecular weight excluding hydrogens is 260 g/mol. The Bertz CT molecular complexity index is 397. The van der Waals surface area contributed by atoms with Gasteiger partial charge < -0.3 is 9.88 Å². The number of aryl methyl sites for hydroxylation is 1. The van der Waals surface area contributed by atoms with Crippen LogP contribution in [0.15, 0.2) is 12.4 Å². The standard InChI is InChI=1S/C17H34N4/c1-7-17(6,21(10-4)11-5)15(18-8-2)14-16-19-12-13-20(16)9-3/h12-13,15,18H,7-11,14H2,1-6H3. The largest absolute Gasteiger partial charge is 0.335 e. The van der Waals surface area contributed by atoms with Crippen LogP contribution in [0.4, 0.5) is 0 Å². The number of nitrogens with one attached hydrogen (secondary N) is 1. The molecule has 4 nitrogen and oxygen atoms in total. The Kier molecular flexibility index (Phi) is 7.40. The Hall–Kier alpha value is -0.870. The van der Waals surface area contributed by atoms with Crippen molar-refractivity contribution in [1.82, 2.24) is 19.8 Å². The lowest BCUT2D eigenvalue weighted by atomic mass is 9.84. The van der Waals surface area contributed by atoms with Gasteiger partial charge in [-0.1, -0.05) is 27.7 Å². The van der Waals surface area contributed by atoms with Crippen molar-refractivity contribution in [3.63, 3.8) is 0 Å². The molecule has 2 unspecified atom stereocenters. The van der Waals surface area contributed by atoms with E-state index in [1.807, 2.05) is 6.20 Å². The monoisotopic (exact) mass is 294 g/mol. The van der Waals surface area contributed by atoms with Crippen LogP contribution in [0.1, 0.15) is 53.8 Å². The number of likely N-dealkylation sites (N-methyl/N-ethyl adjacent to an activating group) is 2. The van der Waals surface area contributed by atoms with E-state index in [-0.39, 0.29) is 5.54 Å². The summed E-state index contributed by atoms with van der Waals surface area (Å²) in [5.74, 6) is 1.19. The van der Waals surface area contributed by atoms with Crippen molar-refractivity contribution in [3.8, 4) is 0 Å². The Labute approximate surface area is 130 Å². The van der Waals surface area contributed by atoms with Crippen LogP contribution in [0.3, 0.4) is 0 Å². The van der Waals surface area contributed by atoms with Crippen LogP contribution < -0.4 is 5.32 Å². The molecule has 0 fully saturated rings. The van der Waals surface area contributed by atoms with Gasteiger partial charge in [0.1, 0.15) is 5.82 Å². The summed E-state index contributed by atoms with van der Waals surface area (Å²) in [6, 6.07) is 0.417. The maximum Gasteiger partial charge on any atom is 0.110 e. The lowest BCUT2D eigenvalue weighted by Gasteiger charge is -2.46. The summed E-state index contributed by atoms with van der Waals surface area (Å²) in [5.41, 5.74) is 0.157. The van der Waals surface area contributed by atoms with Crippen molar-refractivity contribution in [1.29, 1.82) is 0 Å². The van der Waals surface area contributed by atoms with E-state index in [1.54, 1.807) is 0 Å². The summed E-state index contributed by atoms with van der Waals surface area (Å²) in [6.07, 6.45) is 6.12. The van der Waals surface area contributed by atoms with Gasteiger partial charge >= 0.3 is 0 Å². The predicted molar refractivity (Wildman–Crippen MR) is 90.7 cm³/mol. The molecule has 2 atom stereocenters. The molecule has 0 radical (unpaired) electrons. The van der Waals surface area contributed by atoms with Gasteiger partial charge in [-0.15, -0.1) is 0 Å². The van der Waals surface area contributed by atoms with Crippen molar-refractivity contribution < 1.29 is 0 Å². The normalized spacial score (nSPS) is 16.1. The molecule has 0 bridgehead atoms. The maximum atomic E-state index is 4.57. The van der Waals surface area contributed by atoms with Crippen molar-refractivity contribution in [2.75, 3.05) is 19.6 Å². The Balaban J connectivity index is 3.02. The maximum absolute atomic E-state index is 4.57. The molecule has 1 heterocycles. The van der Waals surface area contributed by atoms with E-state index in [2.05, 4.69) is 67.5 Å². The van der Waals surface area contributed by atoms with Crippen LogP contribution in [-0.2, 0) is 13.0 Å².